The fourth-order valence-corrected chi connectivity index (χ4v) is 1.24. The monoisotopic (exact) mass is 163 g/mol. The molecule has 0 radical (unpaired) electrons. The Morgan fingerprint density at radius 1 is 1.80 bits per heavy atom. The quantitative estimate of drug-likeness (QED) is 0.576. The first-order valence-corrected chi connectivity index (χ1v) is 4.34. The van der Waals surface area contributed by atoms with E-state index in [4.69, 9.17) is 10.8 Å². The number of carboxylic acid groups (broad SMARTS) is 1. The van der Waals surface area contributed by atoms with Gasteiger partial charge in [-0.25, -0.2) is 0 Å². The van der Waals surface area contributed by atoms with E-state index in [9.17, 15) is 4.79 Å². The van der Waals surface area contributed by atoms with Gasteiger partial charge in [0.25, 0.3) is 0 Å². The Labute approximate surface area is 65.0 Å². The standard InChI is InChI=1S/C6H13NO2S/c1-5(6(8)9)4-10-3-2-7/h5H,2-4,7H2,1H3,(H,8,9)/t5-/m1/s1. The molecule has 3 nitrogen and oxygen atoms in total. The van der Waals surface area contributed by atoms with E-state index in [2.05, 4.69) is 0 Å². The number of carbonyl (C=O) groups is 1. The highest BCUT2D eigenvalue weighted by atomic mass is 32.2. The predicted molar refractivity (Wildman–Crippen MR) is 43.2 cm³/mol. The van der Waals surface area contributed by atoms with Crippen LogP contribution in [-0.2, 0) is 4.79 Å². The number of hydrogen-bond acceptors (Lipinski definition) is 3. The van der Waals surface area contributed by atoms with E-state index >= 15 is 0 Å². The van der Waals surface area contributed by atoms with Gasteiger partial charge in [0.05, 0.1) is 5.92 Å². The zero-order valence-corrected chi connectivity index (χ0v) is 6.86. The lowest BCUT2D eigenvalue weighted by molar-refractivity contribution is -0.140. The second kappa shape index (κ2) is 5.56. The summed E-state index contributed by atoms with van der Waals surface area (Å²) in [5.41, 5.74) is 5.22. The van der Waals surface area contributed by atoms with Crippen LogP contribution in [0.5, 0.6) is 0 Å². The summed E-state index contributed by atoms with van der Waals surface area (Å²) < 4.78 is 0. The van der Waals surface area contributed by atoms with E-state index in [0.717, 1.165) is 5.75 Å². The Bertz CT molecular complexity index is 108. The van der Waals surface area contributed by atoms with Gasteiger partial charge in [0.2, 0.25) is 0 Å². The normalized spacial score (nSPS) is 13.0. The van der Waals surface area contributed by atoms with Gasteiger partial charge in [-0.3, -0.25) is 4.79 Å². The summed E-state index contributed by atoms with van der Waals surface area (Å²) in [6, 6.07) is 0. The van der Waals surface area contributed by atoms with Crippen LogP contribution in [0.4, 0.5) is 0 Å². The van der Waals surface area contributed by atoms with Gasteiger partial charge in [-0.1, -0.05) is 6.92 Å². The van der Waals surface area contributed by atoms with Crippen molar-refractivity contribution < 1.29 is 9.90 Å². The van der Waals surface area contributed by atoms with Gasteiger partial charge >= 0.3 is 5.97 Å². The Morgan fingerprint density at radius 3 is 2.80 bits per heavy atom. The minimum Gasteiger partial charge on any atom is -0.481 e. The molecule has 0 saturated heterocycles. The molecule has 0 fully saturated rings. The lowest BCUT2D eigenvalue weighted by Crippen LogP contribution is -2.13. The maximum atomic E-state index is 10.2. The number of carboxylic acids is 1. The third-order valence-corrected chi connectivity index (χ3v) is 2.31. The Morgan fingerprint density at radius 2 is 2.40 bits per heavy atom. The lowest BCUT2D eigenvalue weighted by atomic mass is 10.2. The summed E-state index contributed by atoms with van der Waals surface area (Å²) in [6.07, 6.45) is 0. The zero-order valence-electron chi connectivity index (χ0n) is 6.04. The molecule has 0 rings (SSSR count). The van der Waals surface area contributed by atoms with Crippen molar-refractivity contribution in [1.29, 1.82) is 0 Å². The molecule has 0 saturated carbocycles. The van der Waals surface area contributed by atoms with Gasteiger partial charge in [-0.15, -0.1) is 0 Å². The summed E-state index contributed by atoms with van der Waals surface area (Å²) in [7, 11) is 0. The van der Waals surface area contributed by atoms with Crippen LogP contribution in [0.1, 0.15) is 6.92 Å². The molecule has 0 unspecified atom stereocenters. The first kappa shape index (κ1) is 9.78. The summed E-state index contributed by atoms with van der Waals surface area (Å²) in [5.74, 6) is 0.519. The van der Waals surface area contributed by atoms with Gasteiger partial charge < -0.3 is 10.8 Å². The van der Waals surface area contributed by atoms with Crippen LogP contribution in [0.3, 0.4) is 0 Å². The van der Waals surface area contributed by atoms with E-state index in [1.54, 1.807) is 18.7 Å². The molecule has 1 atom stereocenters. The zero-order chi connectivity index (χ0) is 7.98. The number of thioether (sulfide) groups is 1. The van der Waals surface area contributed by atoms with Crippen molar-refractivity contribution >= 4 is 17.7 Å². The number of aliphatic carboxylic acids is 1. The summed E-state index contributed by atoms with van der Waals surface area (Å²) in [4.78, 5) is 10.2. The molecule has 0 amide bonds. The van der Waals surface area contributed by atoms with E-state index in [0.29, 0.717) is 12.3 Å². The van der Waals surface area contributed by atoms with Crippen LogP contribution in [0.15, 0.2) is 0 Å². The molecule has 0 aromatic heterocycles. The van der Waals surface area contributed by atoms with Crippen molar-refractivity contribution in [2.75, 3.05) is 18.1 Å². The maximum Gasteiger partial charge on any atom is 0.307 e. The van der Waals surface area contributed by atoms with Crippen molar-refractivity contribution in [1.82, 2.24) is 0 Å². The van der Waals surface area contributed by atoms with Gasteiger partial charge in [0, 0.05) is 18.1 Å². The minimum atomic E-state index is -0.732. The van der Waals surface area contributed by atoms with Gasteiger partial charge in [0.1, 0.15) is 0 Å². The van der Waals surface area contributed by atoms with Crippen LogP contribution >= 0.6 is 11.8 Å². The largest absolute Gasteiger partial charge is 0.481 e. The van der Waals surface area contributed by atoms with E-state index in [1.807, 2.05) is 0 Å². The average Bonchev–Trinajstić information content (AvgIpc) is 1.88. The van der Waals surface area contributed by atoms with Crippen LogP contribution in [0.2, 0.25) is 0 Å². The molecular weight excluding hydrogens is 150 g/mol. The molecular formula is C6H13NO2S. The summed E-state index contributed by atoms with van der Waals surface area (Å²) in [5, 5.41) is 8.44. The van der Waals surface area contributed by atoms with Gasteiger partial charge in [-0.2, -0.15) is 11.8 Å². The van der Waals surface area contributed by atoms with Crippen molar-refractivity contribution in [2.45, 2.75) is 6.92 Å². The molecule has 10 heavy (non-hydrogen) atoms. The average molecular weight is 163 g/mol. The summed E-state index contributed by atoms with van der Waals surface area (Å²) in [6.45, 7) is 2.32. The van der Waals surface area contributed by atoms with Gasteiger partial charge in [0.15, 0.2) is 0 Å². The second-order valence-electron chi connectivity index (χ2n) is 2.10. The molecule has 60 valence electrons. The first-order chi connectivity index (χ1) is 4.68. The third kappa shape index (κ3) is 4.64. The first-order valence-electron chi connectivity index (χ1n) is 3.19. The number of nitrogens with two attached hydrogens (primary N) is 1. The topological polar surface area (TPSA) is 63.3 Å². The summed E-state index contributed by atoms with van der Waals surface area (Å²) >= 11 is 1.58. The number of hydrogen-bond donors (Lipinski definition) is 2. The van der Waals surface area contributed by atoms with Crippen molar-refractivity contribution in [2.24, 2.45) is 11.7 Å². The van der Waals surface area contributed by atoms with Crippen LogP contribution < -0.4 is 5.73 Å². The minimum absolute atomic E-state index is 0.253. The van der Waals surface area contributed by atoms with Gasteiger partial charge in [-0.05, 0) is 0 Å². The van der Waals surface area contributed by atoms with Crippen LogP contribution in [-0.4, -0.2) is 29.1 Å². The van der Waals surface area contributed by atoms with Crippen LogP contribution in [0.25, 0.3) is 0 Å². The van der Waals surface area contributed by atoms with Crippen molar-refractivity contribution in [3.05, 3.63) is 0 Å². The fraction of sp³-hybridized carbons (Fsp3) is 0.833. The Kier molecular flexibility index (Phi) is 5.43. The lowest BCUT2D eigenvalue weighted by Gasteiger charge is -2.03. The molecule has 3 N–H and O–H groups in total. The SMILES string of the molecule is C[C@H](CSCCN)C(=O)O. The highest BCUT2D eigenvalue weighted by Gasteiger charge is 2.09. The van der Waals surface area contributed by atoms with E-state index in [-0.39, 0.29) is 5.92 Å². The van der Waals surface area contributed by atoms with Crippen LogP contribution in [0, 0.1) is 5.92 Å². The van der Waals surface area contributed by atoms with Crippen molar-refractivity contribution in [3.63, 3.8) is 0 Å². The molecule has 0 aromatic carbocycles. The fourth-order valence-electron chi connectivity index (χ4n) is 0.415. The third-order valence-electron chi connectivity index (χ3n) is 1.05. The predicted octanol–water partition coefficient (Wildman–Crippen LogP) is 0.399. The molecule has 0 aromatic rings. The Hall–Kier alpha value is -0.220. The maximum absolute atomic E-state index is 10.2. The molecule has 0 heterocycles. The molecule has 0 spiro atoms. The van der Waals surface area contributed by atoms with Crippen molar-refractivity contribution in [3.8, 4) is 0 Å². The molecule has 0 aliphatic carbocycles. The van der Waals surface area contributed by atoms with E-state index in [1.165, 1.54) is 0 Å². The highest BCUT2D eigenvalue weighted by Crippen LogP contribution is 2.06. The highest BCUT2D eigenvalue weighted by molar-refractivity contribution is 7.99. The number of rotatable bonds is 5. The van der Waals surface area contributed by atoms with E-state index < -0.39 is 5.97 Å². The molecule has 0 aliphatic heterocycles. The smallest absolute Gasteiger partial charge is 0.307 e. The molecule has 4 heteroatoms. The Balaban J connectivity index is 3.21. The molecule has 0 bridgehead atoms. The second-order valence-corrected chi connectivity index (χ2v) is 3.25. The molecule has 0 aliphatic rings.